The number of aromatic nitrogens is 2. The van der Waals surface area contributed by atoms with Gasteiger partial charge in [0.25, 0.3) is 5.91 Å². The van der Waals surface area contributed by atoms with E-state index < -0.39 is 12.1 Å². The maximum Gasteiger partial charge on any atom is 0.324 e. The van der Waals surface area contributed by atoms with Crippen LogP contribution >= 0.6 is 0 Å². The zero-order chi connectivity index (χ0) is 37.7. The third kappa shape index (κ3) is 7.44. The van der Waals surface area contributed by atoms with Crippen molar-refractivity contribution >= 4 is 34.0 Å². The second-order valence-corrected chi connectivity index (χ2v) is 17.5. The topological polar surface area (TPSA) is 112 Å². The molecule has 3 aromatic rings. The molecule has 1 unspecified atom stereocenters. The molecule has 4 aliphatic heterocycles. The fourth-order valence-corrected chi connectivity index (χ4v) is 9.25. The van der Waals surface area contributed by atoms with Crippen molar-refractivity contribution in [3.63, 3.8) is 0 Å². The number of fused-ring (bicyclic) bond motifs is 6. The van der Waals surface area contributed by atoms with Gasteiger partial charge in [-0.1, -0.05) is 39.8 Å². The summed E-state index contributed by atoms with van der Waals surface area (Å²) in [4.78, 5) is 39.8. The summed E-state index contributed by atoms with van der Waals surface area (Å²) in [6.07, 6.45) is 10.1. The van der Waals surface area contributed by atoms with E-state index in [9.17, 15) is 9.59 Å². The molecule has 2 aromatic heterocycles. The molecule has 11 heteroatoms. The van der Waals surface area contributed by atoms with Gasteiger partial charge >= 0.3 is 5.97 Å². The summed E-state index contributed by atoms with van der Waals surface area (Å²) in [6, 6.07) is 8.88. The number of nitrogens with two attached hydrogens (primary N) is 1. The predicted molar refractivity (Wildman–Crippen MR) is 215 cm³/mol. The smallest absolute Gasteiger partial charge is 0.324 e. The number of nitrogens with zero attached hydrogens (tertiary/aromatic N) is 6. The Morgan fingerprint density at radius 1 is 1.04 bits per heavy atom. The van der Waals surface area contributed by atoms with Gasteiger partial charge in [0.1, 0.15) is 6.04 Å². The first-order valence-corrected chi connectivity index (χ1v) is 20.6. The Bertz CT molecular complexity index is 1920. The summed E-state index contributed by atoms with van der Waals surface area (Å²) in [5, 5.41) is 2.79. The highest BCUT2D eigenvalue weighted by Gasteiger charge is 2.35. The van der Waals surface area contributed by atoms with Crippen LogP contribution in [0.2, 0.25) is 0 Å². The van der Waals surface area contributed by atoms with E-state index in [0.29, 0.717) is 32.4 Å². The van der Waals surface area contributed by atoms with Crippen LogP contribution in [0.4, 0.5) is 5.69 Å². The van der Waals surface area contributed by atoms with Crippen molar-refractivity contribution in [3.8, 4) is 11.3 Å². The molecule has 1 aromatic carbocycles. The van der Waals surface area contributed by atoms with Gasteiger partial charge in [-0.25, -0.2) is 5.43 Å². The van der Waals surface area contributed by atoms with E-state index in [1.165, 1.54) is 57.4 Å². The molecule has 0 spiro atoms. The lowest BCUT2D eigenvalue weighted by atomic mass is 9.83. The first-order valence-electron chi connectivity index (χ1n) is 20.6. The lowest BCUT2D eigenvalue weighted by Gasteiger charge is -2.36. The number of aryl methyl sites for hydroxylation is 1. The number of pyridine rings is 1. The minimum absolute atomic E-state index is 0.176. The van der Waals surface area contributed by atoms with Crippen LogP contribution in [0.25, 0.3) is 27.7 Å². The van der Waals surface area contributed by atoms with Crippen LogP contribution in [-0.2, 0) is 27.3 Å². The van der Waals surface area contributed by atoms with Crippen molar-refractivity contribution in [2.24, 2.45) is 11.1 Å². The Labute approximate surface area is 320 Å². The Morgan fingerprint density at radius 2 is 1.83 bits per heavy atom. The van der Waals surface area contributed by atoms with Crippen LogP contribution in [0.3, 0.4) is 0 Å². The van der Waals surface area contributed by atoms with Gasteiger partial charge in [-0.15, -0.1) is 0 Å². The lowest BCUT2D eigenvalue weighted by Crippen LogP contribution is -2.60. The quantitative estimate of drug-likeness (QED) is 0.343. The fourth-order valence-electron chi connectivity index (χ4n) is 9.25. The summed E-state index contributed by atoms with van der Waals surface area (Å²) in [6.45, 7) is 19.0. The van der Waals surface area contributed by atoms with Crippen molar-refractivity contribution in [2.45, 2.75) is 104 Å². The van der Waals surface area contributed by atoms with E-state index in [-0.39, 0.29) is 29.8 Å². The van der Waals surface area contributed by atoms with Crippen molar-refractivity contribution < 1.29 is 14.3 Å². The summed E-state index contributed by atoms with van der Waals surface area (Å²) in [7, 11) is 0. The number of nitrogens with one attached hydrogen (secondary N) is 1. The zero-order valence-corrected chi connectivity index (χ0v) is 33.1. The van der Waals surface area contributed by atoms with Crippen LogP contribution in [0.15, 0.2) is 36.5 Å². The van der Waals surface area contributed by atoms with Crippen LogP contribution < -0.4 is 16.1 Å². The number of piperazine rings is 1. The van der Waals surface area contributed by atoms with Gasteiger partial charge in [0.15, 0.2) is 0 Å². The van der Waals surface area contributed by atoms with Crippen molar-refractivity contribution in [1.29, 1.82) is 0 Å². The highest BCUT2D eigenvalue weighted by Crippen LogP contribution is 2.43. The minimum atomic E-state index is -0.693. The second-order valence-electron chi connectivity index (χ2n) is 17.5. The molecule has 3 fully saturated rings. The van der Waals surface area contributed by atoms with Gasteiger partial charge in [0, 0.05) is 86.8 Å². The summed E-state index contributed by atoms with van der Waals surface area (Å²) in [5.74, 6) is -0.260. The van der Waals surface area contributed by atoms with Crippen LogP contribution in [-0.4, -0.2) is 113 Å². The molecule has 54 heavy (non-hydrogen) atoms. The van der Waals surface area contributed by atoms with Gasteiger partial charge in [0.2, 0.25) is 0 Å². The number of carbonyl (C=O) groups excluding carboxylic acids is 2. The van der Waals surface area contributed by atoms with Crippen molar-refractivity contribution in [2.75, 3.05) is 63.9 Å². The number of carbonyl (C=O) groups is 2. The molecule has 290 valence electrons. The number of hydrogen-bond donors (Lipinski definition) is 2. The molecular weight excluding hydrogens is 677 g/mol. The van der Waals surface area contributed by atoms with E-state index in [1.807, 2.05) is 0 Å². The summed E-state index contributed by atoms with van der Waals surface area (Å²) in [5.41, 5.74) is 19.0. The number of rotatable bonds is 5. The van der Waals surface area contributed by atoms with Gasteiger partial charge in [-0.2, -0.15) is 0 Å². The first-order chi connectivity index (χ1) is 26.0. The Hall–Kier alpha value is -3.77. The Balaban J connectivity index is 1.24. The van der Waals surface area contributed by atoms with E-state index in [1.54, 1.807) is 5.01 Å². The van der Waals surface area contributed by atoms with Gasteiger partial charge in [0.05, 0.1) is 35.9 Å². The molecule has 1 amide bonds. The maximum atomic E-state index is 13.6. The molecule has 3 atom stereocenters. The Kier molecular flexibility index (Phi) is 10.4. The molecule has 6 heterocycles. The number of hydrazine groups is 1. The molecule has 1 aliphatic carbocycles. The monoisotopic (exact) mass is 736 g/mol. The molecule has 0 radical (unpaired) electrons. The van der Waals surface area contributed by atoms with Crippen LogP contribution in [0, 0.1) is 5.41 Å². The molecule has 3 N–H and O–H groups in total. The van der Waals surface area contributed by atoms with E-state index in [4.69, 9.17) is 15.5 Å². The number of cyclic esters (lactones) is 1. The van der Waals surface area contributed by atoms with E-state index in [0.717, 1.165) is 64.0 Å². The van der Waals surface area contributed by atoms with Gasteiger partial charge < -0.3 is 19.9 Å². The SMILES string of the molecule is CCn1c(-c2cc(N3CCN(C4CC4)CC3)cnc2C(C)C)c2c3cc(ccc31)C1=CCCN(C1)C[C@H](N)C(=O)N1CCC[C@H](N1)C(=O)OCC(C)(C)C2. The molecule has 5 aliphatic rings. The molecule has 1 saturated carbocycles. The lowest BCUT2D eigenvalue weighted by molar-refractivity contribution is -0.155. The Morgan fingerprint density at radius 3 is 2.57 bits per heavy atom. The normalized spacial score (nSPS) is 25.8. The second kappa shape index (κ2) is 15.0. The first kappa shape index (κ1) is 37.2. The van der Waals surface area contributed by atoms with E-state index >= 15 is 0 Å². The third-order valence-corrected chi connectivity index (χ3v) is 12.3. The average Bonchev–Trinajstić information content (AvgIpc) is 3.99. The number of ether oxygens (including phenoxy) is 1. The van der Waals surface area contributed by atoms with E-state index in [2.05, 4.69) is 95.8 Å². The third-order valence-electron chi connectivity index (χ3n) is 12.3. The van der Waals surface area contributed by atoms with Crippen molar-refractivity contribution in [1.82, 2.24) is 29.8 Å². The molecule has 2 saturated heterocycles. The molecular formula is C43H60N8O3. The standard InChI is InChI=1S/C43H60N8O3/c1-6-50-38-14-11-29-21-33(38)35(40(50)34-22-32(24-45-39(34)28(2)3)49-19-17-48(18-20-49)31-12-13-31)23-43(4,5)27-54-42(53)37-10-8-16-51(46-37)41(52)36(44)26-47-15-7-9-30(29)25-47/h9,11,14,21-22,24,28,31,36-37,46H,6-8,10,12-13,15-20,23,25-27,44H2,1-5H3/t36-,37-/m0/s1. The van der Waals surface area contributed by atoms with Gasteiger partial charge in [-0.05, 0) is 86.3 Å². The average molecular weight is 737 g/mol. The number of hydrogen-bond acceptors (Lipinski definition) is 9. The highest BCUT2D eigenvalue weighted by atomic mass is 16.5. The number of anilines is 1. The fraction of sp³-hybridized carbons (Fsp3) is 0.605. The minimum Gasteiger partial charge on any atom is -0.464 e. The zero-order valence-electron chi connectivity index (χ0n) is 33.1. The number of amides is 1. The van der Waals surface area contributed by atoms with Crippen molar-refractivity contribution in [3.05, 3.63) is 53.4 Å². The van der Waals surface area contributed by atoms with Gasteiger partial charge in [-0.3, -0.25) is 29.4 Å². The molecule has 6 bridgehead atoms. The summed E-state index contributed by atoms with van der Waals surface area (Å²) < 4.78 is 8.60. The molecule has 8 rings (SSSR count). The number of benzene rings is 1. The predicted octanol–water partition coefficient (Wildman–Crippen LogP) is 5.17. The molecule has 11 nitrogen and oxygen atoms in total. The maximum absolute atomic E-state index is 13.6. The highest BCUT2D eigenvalue weighted by molar-refractivity contribution is 5.95. The number of esters is 1. The van der Waals surface area contributed by atoms with Crippen LogP contribution in [0.1, 0.15) is 89.5 Å². The summed E-state index contributed by atoms with van der Waals surface area (Å²) >= 11 is 0. The van der Waals surface area contributed by atoms with Crippen LogP contribution in [0.5, 0.6) is 0 Å². The largest absolute Gasteiger partial charge is 0.464 e.